The minimum atomic E-state index is -0.655. The van der Waals surface area contributed by atoms with Crippen LogP contribution in [0.4, 0.5) is 13.6 Å². The number of benzene rings is 1. The maximum Gasteiger partial charge on any atom is 0.315 e. The van der Waals surface area contributed by atoms with Gasteiger partial charge in [-0.05, 0) is 45.4 Å². The lowest BCUT2D eigenvalue weighted by atomic mass is 10.0. The zero-order valence-electron chi connectivity index (χ0n) is 14.5. The molecule has 0 bridgehead atoms. The first-order valence-corrected chi connectivity index (χ1v) is 8.04. The Bertz CT molecular complexity index is 579. The fourth-order valence-electron chi connectivity index (χ4n) is 2.32. The molecule has 0 unspecified atom stereocenters. The smallest absolute Gasteiger partial charge is 0.315 e. The van der Waals surface area contributed by atoms with Crippen molar-refractivity contribution in [1.82, 2.24) is 16.0 Å². The van der Waals surface area contributed by atoms with Crippen LogP contribution in [0.15, 0.2) is 18.2 Å². The molecule has 0 aliphatic heterocycles. The van der Waals surface area contributed by atoms with Crippen molar-refractivity contribution in [2.24, 2.45) is 0 Å². The van der Waals surface area contributed by atoms with Crippen molar-refractivity contribution in [3.8, 4) is 0 Å². The first-order chi connectivity index (χ1) is 11.2. The normalized spacial score (nSPS) is 13.3. The van der Waals surface area contributed by atoms with E-state index in [1.54, 1.807) is 13.8 Å². The van der Waals surface area contributed by atoms with Crippen molar-refractivity contribution in [3.05, 3.63) is 35.4 Å². The molecule has 1 rings (SSSR count). The number of carbonyl (C=O) groups excluding carboxylic acids is 2. The molecule has 24 heavy (non-hydrogen) atoms. The van der Waals surface area contributed by atoms with Crippen molar-refractivity contribution in [2.75, 3.05) is 0 Å². The number of amides is 3. The molecule has 0 aliphatic carbocycles. The molecule has 0 saturated heterocycles. The molecule has 134 valence electrons. The van der Waals surface area contributed by atoms with Crippen LogP contribution in [0.25, 0.3) is 0 Å². The van der Waals surface area contributed by atoms with E-state index in [0.717, 1.165) is 18.2 Å². The van der Waals surface area contributed by atoms with Crippen molar-refractivity contribution < 1.29 is 18.4 Å². The highest BCUT2D eigenvalue weighted by atomic mass is 19.1. The number of nitrogens with one attached hydrogen (secondary N) is 3. The van der Waals surface area contributed by atoms with Gasteiger partial charge in [-0.25, -0.2) is 13.6 Å². The summed E-state index contributed by atoms with van der Waals surface area (Å²) in [6.45, 7) is 7.15. The topological polar surface area (TPSA) is 70.2 Å². The van der Waals surface area contributed by atoms with Crippen LogP contribution in [-0.4, -0.2) is 24.0 Å². The largest absolute Gasteiger partial charge is 0.354 e. The van der Waals surface area contributed by atoms with Gasteiger partial charge >= 0.3 is 6.03 Å². The van der Waals surface area contributed by atoms with Gasteiger partial charge in [0.25, 0.3) is 0 Å². The molecule has 2 atom stereocenters. The molecule has 0 radical (unpaired) electrons. The zero-order valence-corrected chi connectivity index (χ0v) is 14.5. The molecule has 3 amide bonds. The van der Waals surface area contributed by atoms with E-state index in [0.29, 0.717) is 6.42 Å². The van der Waals surface area contributed by atoms with Crippen LogP contribution in [0.2, 0.25) is 0 Å². The van der Waals surface area contributed by atoms with Gasteiger partial charge in [0.2, 0.25) is 5.91 Å². The second-order valence-electron chi connectivity index (χ2n) is 6.07. The molecule has 0 fully saturated rings. The minimum absolute atomic E-state index is 0.0268. The summed E-state index contributed by atoms with van der Waals surface area (Å²) in [5.74, 6) is -1.31. The predicted molar refractivity (Wildman–Crippen MR) is 88.4 cm³/mol. The SMILES string of the molecule is CC[C@H](NC(=O)N[C@@H](C)CC(=O)NC(C)C)c1cc(F)ccc1F. The Morgan fingerprint density at radius 2 is 1.75 bits per heavy atom. The number of urea groups is 1. The fourth-order valence-corrected chi connectivity index (χ4v) is 2.32. The van der Waals surface area contributed by atoms with Crippen molar-refractivity contribution >= 4 is 11.9 Å². The zero-order chi connectivity index (χ0) is 18.3. The van der Waals surface area contributed by atoms with Crippen LogP contribution in [0.5, 0.6) is 0 Å². The van der Waals surface area contributed by atoms with Crippen molar-refractivity contribution in [2.45, 2.75) is 58.7 Å². The maximum atomic E-state index is 13.8. The molecule has 1 aromatic rings. The van der Waals surface area contributed by atoms with Gasteiger partial charge in [-0.15, -0.1) is 0 Å². The first-order valence-electron chi connectivity index (χ1n) is 8.04. The van der Waals surface area contributed by atoms with Gasteiger partial charge in [0.1, 0.15) is 11.6 Å². The van der Waals surface area contributed by atoms with Gasteiger partial charge in [0.05, 0.1) is 6.04 Å². The summed E-state index contributed by atoms with van der Waals surface area (Å²) in [6, 6.07) is 1.58. The average Bonchev–Trinajstić information content (AvgIpc) is 2.46. The van der Waals surface area contributed by atoms with Crippen LogP contribution >= 0.6 is 0 Å². The first kappa shape index (κ1) is 19.9. The summed E-state index contributed by atoms with van der Waals surface area (Å²) in [5.41, 5.74) is 0.0952. The number of hydrogen-bond donors (Lipinski definition) is 3. The Morgan fingerprint density at radius 3 is 2.33 bits per heavy atom. The van der Waals surface area contributed by atoms with Crippen molar-refractivity contribution in [1.29, 1.82) is 0 Å². The molecular weight excluding hydrogens is 316 g/mol. The second kappa shape index (κ2) is 9.20. The van der Waals surface area contributed by atoms with E-state index in [1.807, 2.05) is 13.8 Å². The number of rotatable bonds is 7. The van der Waals surface area contributed by atoms with Crippen LogP contribution < -0.4 is 16.0 Å². The van der Waals surface area contributed by atoms with E-state index in [9.17, 15) is 18.4 Å². The van der Waals surface area contributed by atoms with Gasteiger partial charge in [-0.3, -0.25) is 4.79 Å². The van der Waals surface area contributed by atoms with E-state index >= 15 is 0 Å². The quantitative estimate of drug-likeness (QED) is 0.713. The monoisotopic (exact) mass is 341 g/mol. The lowest BCUT2D eigenvalue weighted by Crippen LogP contribution is -2.44. The van der Waals surface area contributed by atoms with Crippen molar-refractivity contribution in [3.63, 3.8) is 0 Å². The van der Waals surface area contributed by atoms with Gasteiger partial charge in [-0.2, -0.15) is 0 Å². The summed E-state index contributed by atoms with van der Waals surface area (Å²) in [7, 11) is 0. The Morgan fingerprint density at radius 1 is 1.08 bits per heavy atom. The van der Waals surface area contributed by atoms with Gasteiger partial charge in [0.15, 0.2) is 0 Å². The van der Waals surface area contributed by atoms with Crippen LogP contribution in [0.1, 0.15) is 52.1 Å². The number of halogens is 2. The third kappa shape index (κ3) is 6.52. The molecule has 0 aliphatic rings. The van der Waals surface area contributed by atoms with Crippen LogP contribution in [0, 0.1) is 11.6 Å². The van der Waals surface area contributed by atoms with Gasteiger partial charge in [0, 0.05) is 24.1 Å². The molecule has 5 nitrogen and oxygen atoms in total. The highest BCUT2D eigenvalue weighted by Crippen LogP contribution is 2.21. The van der Waals surface area contributed by atoms with Crippen LogP contribution in [-0.2, 0) is 4.79 Å². The molecule has 0 spiro atoms. The summed E-state index contributed by atoms with van der Waals surface area (Å²) < 4.78 is 27.1. The second-order valence-corrected chi connectivity index (χ2v) is 6.07. The third-order valence-electron chi connectivity index (χ3n) is 3.37. The fraction of sp³-hybridized carbons (Fsp3) is 0.529. The summed E-state index contributed by atoms with van der Waals surface area (Å²) in [5, 5.41) is 7.97. The molecule has 1 aromatic carbocycles. The Kier molecular flexibility index (Phi) is 7.61. The van der Waals surface area contributed by atoms with Gasteiger partial charge in [-0.1, -0.05) is 6.92 Å². The Labute approximate surface area is 141 Å². The highest BCUT2D eigenvalue weighted by Gasteiger charge is 2.19. The lowest BCUT2D eigenvalue weighted by Gasteiger charge is -2.21. The van der Waals surface area contributed by atoms with E-state index in [1.165, 1.54) is 0 Å². The Hall–Kier alpha value is -2.18. The van der Waals surface area contributed by atoms with Gasteiger partial charge < -0.3 is 16.0 Å². The standard InChI is InChI=1S/C17H25F2N3O2/c1-5-15(13-9-12(18)6-7-14(13)19)22-17(24)21-11(4)8-16(23)20-10(2)3/h6-7,9-11,15H,5,8H2,1-4H3,(H,20,23)(H2,21,22,24)/t11-,15-/m0/s1. The molecule has 0 saturated carbocycles. The summed E-state index contributed by atoms with van der Waals surface area (Å²) >= 11 is 0. The number of carbonyl (C=O) groups is 2. The summed E-state index contributed by atoms with van der Waals surface area (Å²) in [4.78, 5) is 23.7. The van der Waals surface area contributed by atoms with E-state index in [2.05, 4.69) is 16.0 Å². The third-order valence-corrected chi connectivity index (χ3v) is 3.37. The molecule has 3 N–H and O–H groups in total. The molecular formula is C17H25F2N3O2. The minimum Gasteiger partial charge on any atom is -0.354 e. The molecule has 0 heterocycles. The maximum absolute atomic E-state index is 13.8. The Balaban J connectivity index is 2.61. The van der Waals surface area contributed by atoms with E-state index in [-0.39, 0.29) is 23.9 Å². The lowest BCUT2D eigenvalue weighted by molar-refractivity contribution is -0.121. The van der Waals surface area contributed by atoms with E-state index in [4.69, 9.17) is 0 Å². The van der Waals surface area contributed by atoms with E-state index < -0.39 is 29.7 Å². The number of hydrogen-bond acceptors (Lipinski definition) is 2. The molecule has 7 heteroatoms. The average molecular weight is 341 g/mol. The summed E-state index contributed by atoms with van der Waals surface area (Å²) in [6.07, 6.45) is 0.534. The van der Waals surface area contributed by atoms with Crippen LogP contribution in [0.3, 0.4) is 0 Å². The highest BCUT2D eigenvalue weighted by molar-refractivity contribution is 5.79. The predicted octanol–water partition coefficient (Wildman–Crippen LogP) is 3.02. The molecule has 0 aromatic heterocycles.